The summed E-state index contributed by atoms with van der Waals surface area (Å²) >= 11 is 0. The number of carbonyl (C=O) groups excluding carboxylic acids is 1. The van der Waals surface area contributed by atoms with Crippen LogP contribution in [0.15, 0.2) is 24.5 Å². The first-order valence-corrected chi connectivity index (χ1v) is 6.31. The lowest BCUT2D eigenvalue weighted by molar-refractivity contribution is -0.116. The molecule has 0 bridgehead atoms. The topological polar surface area (TPSA) is 90.1 Å². The monoisotopic (exact) mass is 270 g/mol. The molecule has 0 saturated heterocycles. The molecule has 1 aromatic heterocycles. The molecule has 1 amide bonds. The van der Waals surface area contributed by atoms with Crippen LogP contribution in [0.25, 0.3) is 0 Å². The van der Waals surface area contributed by atoms with Crippen LogP contribution in [0.5, 0.6) is 11.6 Å². The standard InChI is InChI=1S/C14H14N4O2/c1-8-13(15)16-7-17-14(8)20-10-3-4-11-9(6-10)2-5-12(19)18-11/h3-4,6-7H,2,5H2,1H3,(H,18,19)(H2,15,16,17). The van der Waals surface area contributed by atoms with Gasteiger partial charge in [0.15, 0.2) is 0 Å². The maximum Gasteiger partial charge on any atom is 0.227 e. The quantitative estimate of drug-likeness (QED) is 0.871. The first-order valence-electron chi connectivity index (χ1n) is 6.31. The summed E-state index contributed by atoms with van der Waals surface area (Å²) in [6, 6.07) is 5.54. The highest BCUT2D eigenvalue weighted by atomic mass is 16.5. The van der Waals surface area contributed by atoms with Gasteiger partial charge in [0, 0.05) is 12.1 Å². The highest BCUT2D eigenvalue weighted by Crippen LogP contribution is 2.30. The van der Waals surface area contributed by atoms with E-state index in [0.717, 1.165) is 11.3 Å². The summed E-state index contributed by atoms with van der Waals surface area (Å²) in [6.45, 7) is 1.81. The van der Waals surface area contributed by atoms with Crippen molar-refractivity contribution in [2.45, 2.75) is 19.8 Å². The number of hydrogen-bond acceptors (Lipinski definition) is 5. The maximum absolute atomic E-state index is 11.3. The van der Waals surface area contributed by atoms with E-state index in [0.29, 0.717) is 35.9 Å². The Morgan fingerprint density at radius 1 is 1.30 bits per heavy atom. The van der Waals surface area contributed by atoms with Gasteiger partial charge in [-0.2, -0.15) is 0 Å². The summed E-state index contributed by atoms with van der Waals surface area (Å²) in [5.74, 6) is 1.56. The van der Waals surface area contributed by atoms with Crippen LogP contribution < -0.4 is 15.8 Å². The molecule has 102 valence electrons. The van der Waals surface area contributed by atoms with E-state index in [1.165, 1.54) is 6.33 Å². The van der Waals surface area contributed by atoms with E-state index in [-0.39, 0.29) is 5.91 Å². The van der Waals surface area contributed by atoms with Crippen LogP contribution in [-0.4, -0.2) is 15.9 Å². The summed E-state index contributed by atoms with van der Waals surface area (Å²) < 4.78 is 5.74. The molecule has 20 heavy (non-hydrogen) atoms. The highest BCUT2D eigenvalue weighted by Gasteiger charge is 2.15. The summed E-state index contributed by atoms with van der Waals surface area (Å²) in [5, 5.41) is 2.83. The molecule has 1 aliphatic heterocycles. The van der Waals surface area contributed by atoms with E-state index in [4.69, 9.17) is 10.5 Å². The zero-order valence-corrected chi connectivity index (χ0v) is 11.0. The second-order valence-electron chi connectivity index (χ2n) is 4.66. The molecule has 0 spiro atoms. The van der Waals surface area contributed by atoms with Crippen molar-refractivity contribution in [2.75, 3.05) is 11.1 Å². The summed E-state index contributed by atoms with van der Waals surface area (Å²) in [6.07, 6.45) is 2.58. The highest BCUT2D eigenvalue weighted by molar-refractivity contribution is 5.94. The number of rotatable bonds is 2. The number of nitrogens with zero attached hydrogens (tertiary/aromatic N) is 2. The Balaban J connectivity index is 1.88. The van der Waals surface area contributed by atoms with Crippen LogP contribution in [0.3, 0.4) is 0 Å². The fourth-order valence-electron chi connectivity index (χ4n) is 2.08. The summed E-state index contributed by atoms with van der Waals surface area (Å²) in [5.41, 5.74) is 8.33. The first kappa shape index (κ1) is 12.4. The van der Waals surface area contributed by atoms with Crippen molar-refractivity contribution >= 4 is 17.4 Å². The third-order valence-electron chi connectivity index (χ3n) is 3.26. The molecule has 0 saturated carbocycles. The van der Waals surface area contributed by atoms with Gasteiger partial charge in [-0.1, -0.05) is 0 Å². The van der Waals surface area contributed by atoms with E-state index >= 15 is 0 Å². The van der Waals surface area contributed by atoms with E-state index in [1.54, 1.807) is 6.07 Å². The van der Waals surface area contributed by atoms with Gasteiger partial charge in [0.25, 0.3) is 0 Å². The minimum Gasteiger partial charge on any atom is -0.439 e. The third-order valence-corrected chi connectivity index (χ3v) is 3.26. The van der Waals surface area contributed by atoms with E-state index in [9.17, 15) is 4.79 Å². The molecule has 2 aromatic rings. The number of ether oxygens (including phenoxy) is 1. The number of nitrogens with two attached hydrogens (primary N) is 1. The Morgan fingerprint density at radius 3 is 3.00 bits per heavy atom. The van der Waals surface area contributed by atoms with Crippen LogP contribution in [0.2, 0.25) is 0 Å². The summed E-state index contributed by atoms with van der Waals surface area (Å²) in [7, 11) is 0. The van der Waals surface area contributed by atoms with E-state index < -0.39 is 0 Å². The fraction of sp³-hybridized carbons (Fsp3) is 0.214. The van der Waals surface area contributed by atoms with Crippen molar-refractivity contribution in [1.82, 2.24) is 9.97 Å². The van der Waals surface area contributed by atoms with Gasteiger partial charge in [0.05, 0.1) is 5.56 Å². The normalized spacial score (nSPS) is 13.6. The average molecular weight is 270 g/mol. The number of benzene rings is 1. The van der Waals surface area contributed by atoms with Gasteiger partial charge in [-0.25, -0.2) is 9.97 Å². The molecule has 0 unspecified atom stereocenters. The zero-order chi connectivity index (χ0) is 14.1. The molecular formula is C14H14N4O2. The SMILES string of the molecule is Cc1c(N)ncnc1Oc1ccc2c(c1)CCC(=O)N2. The smallest absolute Gasteiger partial charge is 0.227 e. The molecule has 6 heteroatoms. The van der Waals surface area contributed by atoms with Crippen molar-refractivity contribution in [2.24, 2.45) is 0 Å². The number of amides is 1. The van der Waals surface area contributed by atoms with Gasteiger partial charge in [0.1, 0.15) is 17.9 Å². The molecule has 0 atom stereocenters. The van der Waals surface area contributed by atoms with Gasteiger partial charge in [-0.3, -0.25) is 4.79 Å². The molecule has 0 fully saturated rings. The van der Waals surface area contributed by atoms with Crippen LogP contribution in [0.1, 0.15) is 17.5 Å². The predicted octanol–water partition coefficient (Wildman–Crippen LogP) is 2.04. The largest absolute Gasteiger partial charge is 0.439 e. The van der Waals surface area contributed by atoms with Gasteiger partial charge >= 0.3 is 0 Å². The number of nitrogen functional groups attached to an aromatic ring is 1. The van der Waals surface area contributed by atoms with Crippen LogP contribution in [0, 0.1) is 6.92 Å². The van der Waals surface area contributed by atoms with Crippen molar-refractivity contribution < 1.29 is 9.53 Å². The van der Waals surface area contributed by atoms with Crippen LogP contribution in [-0.2, 0) is 11.2 Å². The van der Waals surface area contributed by atoms with Crippen molar-refractivity contribution in [3.63, 3.8) is 0 Å². The number of hydrogen-bond donors (Lipinski definition) is 2. The molecule has 6 nitrogen and oxygen atoms in total. The van der Waals surface area contributed by atoms with Crippen molar-refractivity contribution in [3.05, 3.63) is 35.7 Å². The molecule has 3 rings (SSSR count). The van der Waals surface area contributed by atoms with Gasteiger partial charge in [0.2, 0.25) is 11.8 Å². The number of fused-ring (bicyclic) bond motifs is 1. The maximum atomic E-state index is 11.3. The average Bonchev–Trinajstić information content (AvgIpc) is 2.44. The number of aromatic nitrogens is 2. The Kier molecular flexibility index (Phi) is 2.98. The Morgan fingerprint density at radius 2 is 2.15 bits per heavy atom. The van der Waals surface area contributed by atoms with E-state index in [1.807, 2.05) is 19.1 Å². The second-order valence-corrected chi connectivity index (χ2v) is 4.66. The fourth-order valence-corrected chi connectivity index (χ4v) is 2.08. The Hall–Kier alpha value is -2.63. The van der Waals surface area contributed by atoms with E-state index in [2.05, 4.69) is 15.3 Å². The number of anilines is 2. The van der Waals surface area contributed by atoms with Crippen molar-refractivity contribution in [3.8, 4) is 11.6 Å². The second kappa shape index (κ2) is 4.80. The lowest BCUT2D eigenvalue weighted by Crippen LogP contribution is -2.18. The molecule has 0 radical (unpaired) electrons. The lowest BCUT2D eigenvalue weighted by atomic mass is 10.0. The Bertz CT molecular complexity index is 685. The van der Waals surface area contributed by atoms with Gasteiger partial charge in [-0.15, -0.1) is 0 Å². The third kappa shape index (κ3) is 2.27. The molecule has 0 aliphatic carbocycles. The molecule has 1 aromatic carbocycles. The lowest BCUT2D eigenvalue weighted by Gasteiger charge is -2.17. The van der Waals surface area contributed by atoms with Crippen molar-refractivity contribution in [1.29, 1.82) is 0 Å². The predicted molar refractivity (Wildman–Crippen MR) is 74.6 cm³/mol. The van der Waals surface area contributed by atoms with Crippen LogP contribution >= 0.6 is 0 Å². The first-order chi connectivity index (χ1) is 9.63. The number of nitrogens with one attached hydrogen (secondary N) is 1. The van der Waals surface area contributed by atoms with Gasteiger partial charge < -0.3 is 15.8 Å². The van der Waals surface area contributed by atoms with Crippen LogP contribution in [0.4, 0.5) is 11.5 Å². The molecule has 1 aliphatic rings. The van der Waals surface area contributed by atoms with Gasteiger partial charge in [-0.05, 0) is 37.1 Å². The zero-order valence-electron chi connectivity index (χ0n) is 11.0. The molecule has 3 N–H and O–H groups in total. The molecular weight excluding hydrogens is 256 g/mol. The number of carbonyl (C=O) groups is 1. The minimum atomic E-state index is 0.0468. The molecule has 2 heterocycles. The minimum absolute atomic E-state index is 0.0468. The Labute approximate surface area is 116 Å². The summed E-state index contributed by atoms with van der Waals surface area (Å²) in [4.78, 5) is 19.3. The number of aryl methyl sites for hydroxylation is 1.